The number of nitrogens with zero attached hydrogens (tertiary/aromatic N) is 2. The molecule has 0 radical (unpaired) electrons. The number of aromatic nitrogens is 3. The summed E-state index contributed by atoms with van der Waals surface area (Å²) in [5.74, 6) is 0. The van der Waals surface area contributed by atoms with E-state index >= 15 is 0 Å². The van der Waals surface area contributed by atoms with Gasteiger partial charge in [-0.15, -0.1) is 0 Å². The number of nitriles is 1. The molecule has 1 aromatic carbocycles. The zero-order valence-electron chi connectivity index (χ0n) is 10.5. The normalized spacial score (nSPS) is 10.9. The summed E-state index contributed by atoms with van der Waals surface area (Å²) in [5.41, 5.74) is 4.54. The molecule has 0 atom stereocenters. The lowest BCUT2D eigenvalue weighted by molar-refractivity contribution is 1.32. The molecule has 0 fully saturated rings. The number of H-pyrrole nitrogens is 2. The highest BCUT2D eigenvalue weighted by Crippen LogP contribution is 2.26. The van der Waals surface area contributed by atoms with E-state index in [0.717, 1.165) is 27.7 Å². The lowest BCUT2D eigenvalue weighted by Crippen LogP contribution is -1.82. The maximum atomic E-state index is 9.10. The van der Waals surface area contributed by atoms with Crippen LogP contribution >= 0.6 is 0 Å². The summed E-state index contributed by atoms with van der Waals surface area (Å²) in [6.45, 7) is 0. The highest BCUT2D eigenvalue weighted by atomic mass is 14.8. The van der Waals surface area contributed by atoms with Crippen LogP contribution in [0.4, 0.5) is 0 Å². The minimum atomic E-state index is 0.621. The third-order valence-corrected chi connectivity index (χ3v) is 3.54. The quantitative estimate of drug-likeness (QED) is 0.548. The molecule has 3 heterocycles. The summed E-state index contributed by atoms with van der Waals surface area (Å²) in [4.78, 5) is 10.6. The largest absolute Gasteiger partial charge is 0.361 e. The van der Waals surface area contributed by atoms with Gasteiger partial charge in [0, 0.05) is 35.1 Å². The van der Waals surface area contributed by atoms with Gasteiger partial charge in [-0.05, 0) is 29.1 Å². The molecule has 0 aliphatic rings. The van der Waals surface area contributed by atoms with E-state index in [4.69, 9.17) is 5.26 Å². The van der Waals surface area contributed by atoms with Crippen molar-refractivity contribution in [1.82, 2.24) is 15.0 Å². The second kappa shape index (κ2) is 3.97. The van der Waals surface area contributed by atoms with E-state index in [2.05, 4.69) is 39.2 Å². The Morgan fingerprint density at radius 2 is 2.00 bits per heavy atom. The van der Waals surface area contributed by atoms with Crippen LogP contribution in [0.5, 0.6) is 0 Å². The van der Waals surface area contributed by atoms with Gasteiger partial charge < -0.3 is 9.97 Å². The van der Waals surface area contributed by atoms with E-state index in [9.17, 15) is 0 Å². The number of aromatic amines is 2. The molecule has 0 amide bonds. The van der Waals surface area contributed by atoms with Crippen molar-refractivity contribution in [3.05, 3.63) is 54.5 Å². The standard InChI is InChI=1S/C16H10N4/c17-7-13-9-20-16-14(13)5-12(8-19-16)11-2-1-10-3-4-18-15(10)6-11/h1-6,8-9,18H,(H,19,20). The third-order valence-electron chi connectivity index (χ3n) is 3.54. The highest BCUT2D eigenvalue weighted by Gasteiger charge is 2.07. The molecule has 0 aliphatic carbocycles. The van der Waals surface area contributed by atoms with Gasteiger partial charge in [-0.2, -0.15) is 5.26 Å². The molecule has 0 bridgehead atoms. The van der Waals surface area contributed by atoms with Crippen molar-refractivity contribution in [2.45, 2.75) is 0 Å². The molecule has 94 valence electrons. The van der Waals surface area contributed by atoms with Crippen LogP contribution in [-0.4, -0.2) is 15.0 Å². The number of fused-ring (bicyclic) bond motifs is 2. The first kappa shape index (κ1) is 10.8. The molecule has 0 saturated carbocycles. The van der Waals surface area contributed by atoms with Crippen LogP contribution < -0.4 is 0 Å². The topological polar surface area (TPSA) is 68.3 Å². The molecule has 20 heavy (non-hydrogen) atoms. The zero-order valence-corrected chi connectivity index (χ0v) is 10.5. The second-order valence-corrected chi connectivity index (χ2v) is 4.71. The van der Waals surface area contributed by atoms with Crippen molar-refractivity contribution in [3.8, 4) is 17.2 Å². The van der Waals surface area contributed by atoms with Crippen LogP contribution in [0.1, 0.15) is 5.56 Å². The van der Waals surface area contributed by atoms with Gasteiger partial charge >= 0.3 is 0 Å². The number of hydrogen-bond acceptors (Lipinski definition) is 2. The Hall–Kier alpha value is -3.06. The predicted molar refractivity (Wildman–Crippen MR) is 78.1 cm³/mol. The van der Waals surface area contributed by atoms with E-state index in [1.165, 1.54) is 5.39 Å². The first-order chi connectivity index (χ1) is 9.85. The molecule has 0 aliphatic heterocycles. The maximum absolute atomic E-state index is 9.10. The summed E-state index contributed by atoms with van der Waals surface area (Å²) in [7, 11) is 0. The van der Waals surface area contributed by atoms with Crippen molar-refractivity contribution < 1.29 is 0 Å². The summed E-state index contributed by atoms with van der Waals surface area (Å²) < 4.78 is 0. The van der Waals surface area contributed by atoms with E-state index in [1.54, 1.807) is 6.20 Å². The van der Waals surface area contributed by atoms with E-state index < -0.39 is 0 Å². The minimum Gasteiger partial charge on any atom is -0.361 e. The average Bonchev–Trinajstić information content (AvgIpc) is 3.12. The fraction of sp³-hybridized carbons (Fsp3) is 0. The fourth-order valence-corrected chi connectivity index (χ4v) is 2.48. The Morgan fingerprint density at radius 1 is 1.05 bits per heavy atom. The molecular formula is C16H10N4. The van der Waals surface area contributed by atoms with Gasteiger partial charge in [-0.3, -0.25) is 0 Å². The lowest BCUT2D eigenvalue weighted by atomic mass is 10.0. The summed E-state index contributed by atoms with van der Waals surface area (Å²) in [6.07, 6.45) is 5.44. The van der Waals surface area contributed by atoms with Gasteiger partial charge in [0.1, 0.15) is 11.7 Å². The molecule has 3 aromatic heterocycles. The SMILES string of the molecule is N#Cc1c[nH]c2ncc(-c3ccc4cc[nH]c4c3)cc12. The molecule has 0 unspecified atom stereocenters. The van der Waals surface area contributed by atoms with Gasteiger partial charge in [0.2, 0.25) is 0 Å². The van der Waals surface area contributed by atoms with Crippen LogP contribution in [0.15, 0.2) is 48.9 Å². The average molecular weight is 258 g/mol. The van der Waals surface area contributed by atoms with Crippen LogP contribution in [0.25, 0.3) is 33.1 Å². The molecule has 4 nitrogen and oxygen atoms in total. The fourth-order valence-electron chi connectivity index (χ4n) is 2.48. The van der Waals surface area contributed by atoms with Gasteiger partial charge in [-0.25, -0.2) is 4.98 Å². The first-order valence-electron chi connectivity index (χ1n) is 6.30. The van der Waals surface area contributed by atoms with Crippen molar-refractivity contribution >= 4 is 21.9 Å². The smallest absolute Gasteiger partial charge is 0.138 e. The Balaban J connectivity index is 1.94. The van der Waals surface area contributed by atoms with Gasteiger partial charge in [0.15, 0.2) is 0 Å². The number of hydrogen-bond donors (Lipinski definition) is 2. The maximum Gasteiger partial charge on any atom is 0.138 e. The molecule has 4 rings (SSSR count). The number of benzene rings is 1. The second-order valence-electron chi connectivity index (χ2n) is 4.71. The lowest BCUT2D eigenvalue weighted by Gasteiger charge is -2.02. The monoisotopic (exact) mass is 258 g/mol. The van der Waals surface area contributed by atoms with Crippen LogP contribution in [0, 0.1) is 11.3 Å². The van der Waals surface area contributed by atoms with E-state index in [-0.39, 0.29) is 0 Å². The van der Waals surface area contributed by atoms with Crippen molar-refractivity contribution in [2.24, 2.45) is 0 Å². The number of pyridine rings is 1. The summed E-state index contributed by atoms with van der Waals surface area (Å²) in [5, 5.41) is 11.1. The van der Waals surface area contributed by atoms with Crippen molar-refractivity contribution in [3.63, 3.8) is 0 Å². The Labute approximate surface area is 114 Å². The highest BCUT2D eigenvalue weighted by molar-refractivity contribution is 5.89. The predicted octanol–water partition coefficient (Wildman–Crippen LogP) is 3.58. The van der Waals surface area contributed by atoms with E-state index in [0.29, 0.717) is 5.56 Å². The van der Waals surface area contributed by atoms with Gasteiger partial charge in [0.25, 0.3) is 0 Å². The van der Waals surface area contributed by atoms with Gasteiger partial charge in [0.05, 0.1) is 5.56 Å². The van der Waals surface area contributed by atoms with Crippen molar-refractivity contribution in [2.75, 3.05) is 0 Å². The molecule has 0 spiro atoms. The molecular weight excluding hydrogens is 248 g/mol. The molecule has 2 N–H and O–H groups in total. The Morgan fingerprint density at radius 3 is 2.90 bits per heavy atom. The molecule has 0 saturated heterocycles. The Kier molecular flexibility index (Phi) is 2.15. The number of nitrogens with one attached hydrogen (secondary N) is 2. The van der Waals surface area contributed by atoms with Gasteiger partial charge in [-0.1, -0.05) is 12.1 Å². The van der Waals surface area contributed by atoms with E-state index in [1.807, 2.05) is 24.5 Å². The van der Waals surface area contributed by atoms with Crippen LogP contribution in [-0.2, 0) is 0 Å². The molecule has 4 heteroatoms. The minimum absolute atomic E-state index is 0.621. The van der Waals surface area contributed by atoms with Crippen LogP contribution in [0.3, 0.4) is 0 Å². The summed E-state index contributed by atoms with van der Waals surface area (Å²) in [6, 6.07) is 12.5. The first-order valence-corrected chi connectivity index (χ1v) is 6.30. The Bertz CT molecular complexity index is 969. The summed E-state index contributed by atoms with van der Waals surface area (Å²) >= 11 is 0. The van der Waals surface area contributed by atoms with Crippen LogP contribution in [0.2, 0.25) is 0 Å². The zero-order chi connectivity index (χ0) is 13.5. The molecule has 4 aromatic rings. The van der Waals surface area contributed by atoms with Crippen molar-refractivity contribution in [1.29, 1.82) is 5.26 Å². The number of rotatable bonds is 1. The third kappa shape index (κ3) is 1.50.